The Morgan fingerprint density at radius 2 is 1.77 bits per heavy atom. The molecule has 0 saturated carbocycles. The van der Waals surface area contributed by atoms with Crippen molar-refractivity contribution in [3.05, 3.63) is 59.7 Å². The highest BCUT2D eigenvalue weighted by molar-refractivity contribution is 5.81. The maximum Gasteiger partial charge on any atom is 0.407 e. The van der Waals surface area contributed by atoms with E-state index >= 15 is 0 Å². The van der Waals surface area contributed by atoms with Crippen LogP contribution in [0.3, 0.4) is 0 Å². The van der Waals surface area contributed by atoms with Crippen LogP contribution in [0.5, 0.6) is 0 Å². The average Bonchev–Trinajstić information content (AvgIpc) is 3.43. The quantitative estimate of drug-likeness (QED) is 0.592. The predicted molar refractivity (Wildman–Crippen MR) is 128 cm³/mol. The van der Waals surface area contributed by atoms with Crippen molar-refractivity contribution >= 4 is 18.0 Å². The molecule has 0 radical (unpaired) electrons. The van der Waals surface area contributed by atoms with E-state index in [0.29, 0.717) is 39.1 Å². The van der Waals surface area contributed by atoms with Gasteiger partial charge in [-0.3, -0.25) is 9.59 Å². The van der Waals surface area contributed by atoms with Gasteiger partial charge in [0.05, 0.1) is 12.0 Å². The van der Waals surface area contributed by atoms with Crippen LogP contribution in [-0.2, 0) is 19.1 Å². The molecule has 2 amide bonds. The predicted octanol–water partition coefficient (Wildman–Crippen LogP) is 3.26. The molecule has 0 aromatic heterocycles. The van der Waals surface area contributed by atoms with Crippen LogP contribution in [0.4, 0.5) is 4.79 Å². The van der Waals surface area contributed by atoms with Crippen LogP contribution in [0.15, 0.2) is 48.5 Å². The second-order valence-corrected chi connectivity index (χ2v) is 9.61. The zero-order valence-corrected chi connectivity index (χ0v) is 19.6. The van der Waals surface area contributed by atoms with Gasteiger partial charge in [-0.15, -0.1) is 0 Å². The van der Waals surface area contributed by atoms with Gasteiger partial charge in [0.25, 0.3) is 0 Å². The molecule has 2 aliphatic heterocycles. The molecule has 8 heteroatoms. The number of carboxylic acids is 1. The van der Waals surface area contributed by atoms with E-state index in [1.165, 1.54) is 11.1 Å². The molecule has 2 heterocycles. The Bertz CT molecular complexity index is 1090. The molecule has 35 heavy (non-hydrogen) atoms. The Labute approximate surface area is 204 Å². The maximum atomic E-state index is 12.7. The van der Waals surface area contributed by atoms with Gasteiger partial charge in [-0.1, -0.05) is 48.5 Å². The van der Waals surface area contributed by atoms with Crippen LogP contribution >= 0.6 is 0 Å². The number of fused-ring (bicyclic) bond motifs is 4. The molecule has 184 valence electrons. The standard InChI is InChI=1S/C27H30N2O6/c30-24(29-14-18-15-34-13-11-27(18,17-29)25(31)32)10-5-12-28-26(33)35-16-23-21-8-3-1-6-19(21)20-7-2-4-9-22(20)23/h1-4,6-9,18,23H,5,10-17H2,(H,28,33)(H,31,32). The fourth-order valence-electron chi connectivity index (χ4n) is 5.73. The summed E-state index contributed by atoms with van der Waals surface area (Å²) in [4.78, 5) is 38.5. The van der Waals surface area contributed by atoms with Gasteiger partial charge in [0.15, 0.2) is 0 Å². The summed E-state index contributed by atoms with van der Waals surface area (Å²) >= 11 is 0. The Morgan fingerprint density at radius 3 is 2.43 bits per heavy atom. The van der Waals surface area contributed by atoms with Crippen molar-refractivity contribution in [3.63, 3.8) is 0 Å². The smallest absolute Gasteiger partial charge is 0.407 e. The van der Waals surface area contributed by atoms with Crippen molar-refractivity contribution < 1.29 is 29.0 Å². The molecule has 2 aromatic carbocycles. The van der Waals surface area contributed by atoms with Crippen molar-refractivity contribution in [2.45, 2.75) is 25.2 Å². The van der Waals surface area contributed by atoms with Gasteiger partial charge in [-0.2, -0.15) is 0 Å². The number of likely N-dealkylation sites (tertiary alicyclic amines) is 1. The first-order valence-corrected chi connectivity index (χ1v) is 12.2. The number of carbonyl (C=O) groups excluding carboxylic acids is 2. The molecule has 2 fully saturated rings. The number of hydrogen-bond donors (Lipinski definition) is 2. The van der Waals surface area contributed by atoms with Gasteiger partial charge in [0.1, 0.15) is 6.61 Å². The van der Waals surface area contributed by atoms with Crippen LogP contribution in [-0.4, -0.2) is 67.4 Å². The number of nitrogens with one attached hydrogen (secondary N) is 1. The highest BCUT2D eigenvalue weighted by Crippen LogP contribution is 2.45. The van der Waals surface area contributed by atoms with Crippen molar-refractivity contribution in [2.75, 3.05) is 39.5 Å². The first kappa shape index (κ1) is 23.4. The van der Waals surface area contributed by atoms with Crippen molar-refractivity contribution in [1.29, 1.82) is 0 Å². The SMILES string of the molecule is O=C(NCCCC(=O)N1CC2COCCC2(C(=O)O)C1)OCC1c2ccccc2-c2ccccc21. The highest BCUT2D eigenvalue weighted by Gasteiger charge is 2.54. The average molecular weight is 479 g/mol. The minimum Gasteiger partial charge on any atom is -0.481 e. The van der Waals surface area contributed by atoms with E-state index in [-0.39, 0.29) is 37.3 Å². The van der Waals surface area contributed by atoms with Gasteiger partial charge in [0, 0.05) is 44.5 Å². The zero-order chi connectivity index (χ0) is 24.4. The molecule has 2 N–H and O–H groups in total. The van der Waals surface area contributed by atoms with Gasteiger partial charge in [-0.25, -0.2) is 4.79 Å². The maximum absolute atomic E-state index is 12.7. The summed E-state index contributed by atoms with van der Waals surface area (Å²) in [5.74, 6) is -1.11. The molecule has 2 atom stereocenters. The van der Waals surface area contributed by atoms with Crippen LogP contribution in [0.2, 0.25) is 0 Å². The first-order valence-electron chi connectivity index (χ1n) is 12.2. The number of ether oxygens (including phenoxy) is 2. The summed E-state index contributed by atoms with van der Waals surface area (Å²) in [7, 11) is 0. The summed E-state index contributed by atoms with van der Waals surface area (Å²) < 4.78 is 11.0. The first-order chi connectivity index (χ1) is 17.0. The zero-order valence-electron chi connectivity index (χ0n) is 19.6. The summed E-state index contributed by atoms with van der Waals surface area (Å²) in [6.07, 6.45) is 0.627. The molecule has 5 rings (SSSR count). The second kappa shape index (κ2) is 9.70. The van der Waals surface area contributed by atoms with Crippen LogP contribution in [0.25, 0.3) is 11.1 Å². The van der Waals surface area contributed by atoms with Crippen LogP contribution in [0.1, 0.15) is 36.3 Å². The van der Waals surface area contributed by atoms with Crippen LogP contribution < -0.4 is 5.32 Å². The molecule has 2 saturated heterocycles. The number of amides is 2. The summed E-state index contributed by atoms with van der Waals surface area (Å²) in [5, 5.41) is 12.5. The summed E-state index contributed by atoms with van der Waals surface area (Å²) in [6.45, 7) is 1.98. The van der Waals surface area contributed by atoms with E-state index in [1.54, 1.807) is 4.90 Å². The molecule has 2 aromatic rings. The van der Waals surface area contributed by atoms with E-state index in [4.69, 9.17) is 9.47 Å². The molecule has 0 bridgehead atoms. The topological polar surface area (TPSA) is 105 Å². The minimum atomic E-state index is -0.895. The fraction of sp³-hybridized carbons (Fsp3) is 0.444. The third-order valence-corrected chi connectivity index (χ3v) is 7.67. The number of aliphatic carboxylic acids is 1. The Morgan fingerprint density at radius 1 is 1.09 bits per heavy atom. The summed E-state index contributed by atoms with van der Waals surface area (Å²) in [6, 6.07) is 16.3. The van der Waals surface area contributed by atoms with Gasteiger partial charge in [0.2, 0.25) is 5.91 Å². The molecular weight excluding hydrogens is 448 g/mol. The number of benzene rings is 2. The lowest BCUT2D eigenvalue weighted by Gasteiger charge is -2.33. The Hall–Kier alpha value is -3.39. The molecule has 1 aliphatic carbocycles. The van der Waals surface area contributed by atoms with Crippen LogP contribution in [0, 0.1) is 11.3 Å². The lowest BCUT2D eigenvalue weighted by atomic mass is 9.74. The lowest BCUT2D eigenvalue weighted by Crippen LogP contribution is -2.45. The van der Waals surface area contributed by atoms with Gasteiger partial charge < -0.3 is 24.8 Å². The number of rotatable bonds is 7. The van der Waals surface area contributed by atoms with Gasteiger partial charge >= 0.3 is 12.1 Å². The van der Waals surface area contributed by atoms with E-state index < -0.39 is 17.5 Å². The molecule has 3 aliphatic rings. The van der Waals surface area contributed by atoms with Gasteiger partial charge in [-0.05, 0) is 35.1 Å². The monoisotopic (exact) mass is 478 g/mol. The molecular formula is C27H30N2O6. The molecule has 8 nitrogen and oxygen atoms in total. The fourth-order valence-corrected chi connectivity index (χ4v) is 5.73. The van der Waals surface area contributed by atoms with E-state index in [0.717, 1.165) is 11.1 Å². The van der Waals surface area contributed by atoms with Crippen molar-refractivity contribution in [1.82, 2.24) is 10.2 Å². The molecule has 2 unspecified atom stereocenters. The largest absolute Gasteiger partial charge is 0.481 e. The minimum absolute atomic E-state index is 0.000960. The van der Waals surface area contributed by atoms with E-state index in [1.807, 2.05) is 24.3 Å². The lowest BCUT2D eigenvalue weighted by molar-refractivity contribution is -0.157. The molecule has 0 spiro atoms. The number of carboxylic acid groups (broad SMARTS) is 1. The third-order valence-electron chi connectivity index (χ3n) is 7.67. The van der Waals surface area contributed by atoms with Crippen molar-refractivity contribution in [2.24, 2.45) is 11.3 Å². The number of hydrogen-bond acceptors (Lipinski definition) is 5. The number of carbonyl (C=O) groups is 3. The Balaban J connectivity index is 1.07. The number of nitrogens with zero attached hydrogens (tertiary/aromatic N) is 1. The number of alkyl carbamates (subject to hydrolysis) is 1. The second-order valence-electron chi connectivity index (χ2n) is 9.61. The van der Waals surface area contributed by atoms with E-state index in [2.05, 4.69) is 29.6 Å². The Kier molecular flexibility index (Phi) is 6.47. The highest BCUT2D eigenvalue weighted by atomic mass is 16.5. The third kappa shape index (κ3) is 4.38. The van der Waals surface area contributed by atoms with E-state index in [9.17, 15) is 19.5 Å². The van der Waals surface area contributed by atoms with Crippen molar-refractivity contribution in [3.8, 4) is 11.1 Å². The normalized spacial score (nSPS) is 22.7. The summed E-state index contributed by atoms with van der Waals surface area (Å²) in [5.41, 5.74) is 3.76.